The maximum absolute atomic E-state index is 14.3. The molecule has 0 N–H and O–H groups in total. The highest BCUT2D eigenvalue weighted by molar-refractivity contribution is 6.18. The first-order chi connectivity index (χ1) is 21.6. The molecule has 0 heterocycles. The Morgan fingerprint density at radius 3 is 2.28 bits per heavy atom. The van der Waals surface area contributed by atoms with Gasteiger partial charge in [-0.2, -0.15) is 0 Å². The SMILES string of the molecule is CC1(C)CC[C@]2(C(=O)OCc3ccccc3)CC[C@]3(C)C(=CCC4[C@@]5(C)CC[C@H](OC(=O)OCCCl)C(C)(C)C5CC[C@]43C)[C@@H]2C1. The van der Waals surface area contributed by atoms with Gasteiger partial charge >= 0.3 is 12.1 Å². The van der Waals surface area contributed by atoms with E-state index >= 15 is 0 Å². The van der Waals surface area contributed by atoms with E-state index in [1.54, 1.807) is 5.57 Å². The van der Waals surface area contributed by atoms with Gasteiger partial charge in [0.25, 0.3) is 0 Å². The molecule has 8 atom stereocenters. The normalized spacial score (nSPS) is 40.6. The summed E-state index contributed by atoms with van der Waals surface area (Å²) in [6.45, 7) is 17.6. The molecule has 0 bridgehead atoms. The number of halogens is 1. The van der Waals surface area contributed by atoms with E-state index in [2.05, 4.69) is 54.5 Å². The highest BCUT2D eigenvalue weighted by atomic mass is 35.5. The summed E-state index contributed by atoms with van der Waals surface area (Å²) in [5.41, 5.74) is 2.51. The first kappa shape index (κ1) is 33.9. The predicted octanol–water partition coefficient (Wildman–Crippen LogP) is 10.3. The molecule has 0 amide bonds. The Morgan fingerprint density at radius 2 is 1.57 bits per heavy atom. The second-order valence-corrected chi connectivity index (χ2v) is 18.1. The zero-order valence-electron chi connectivity index (χ0n) is 29.4. The molecular weight excluding hydrogens is 596 g/mol. The fraction of sp³-hybridized carbons (Fsp3) is 0.750. The Balaban J connectivity index is 1.30. The summed E-state index contributed by atoms with van der Waals surface area (Å²) in [5.74, 6) is 1.49. The van der Waals surface area contributed by atoms with Crippen molar-refractivity contribution in [1.29, 1.82) is 0 Å². The number of rotatable bonds is 6. The average Bonchev–Trinajstić information content (AvgIpc) is 3.01. The molecule has 5 nitrogen and oxygen atoms in total. The van der Waals surface area contributed by atoms with Gasteiger partial charge in [0.15, 0.2) is 0 Å². The lowest BCUT2D eigenvalue weighted by atomic mass is 9.33. The Hall–Kier alpha value is -2.01. The number of ether oxygens (including phenoxy) is 3. The molecule has 46 heavy (non-hydrogen) atoms. The van der Waals surface area contributed by atoms with Crippen molar-refractivity contribution in [2.24, 2.45) is 50.2 Å². The molecule has 1 aromatic rings. The third-order valence-corrected chi connectivity index (χ3v) is 14.9. The second kappa shape index (κ2) is 11.8. The highest BCUT2D eigenvalue weighted by Crippen LogP contribution is 2.76. The van der Waals surface area contributed by atoms with E-state index < -0.39 is 11.6 Å². The smallest absolute Gasteiger partial charge is 0.460 e. The number of hydrogen-bond donors (Lipinski definition) is 0. The van der Waals surface area contributed by atoms with E-state index in [1.165, 1.54) is 0 Å². The minimum Gasteiger partial charge on any atom is -0.460 e. The number of benzene rings is 1. The lowest BCUT2D eigenvalue weighted by molar-refractivity contribution is -0.208. The van der Waals surface area contributed by atoms with Gasteiger partial charge in [-0.1, -0.05) is 90.4 Å². The van der Waals surface area contributed by atoms with Gasteiger partial charge in [-0.3, -0.25) is 4.79 Å². The van der Waals surface area contributed by atoms with Crippen molar-refractivity contribution in [2.75, 3.05) is 12.5 Å². The van der Waals surface area contributed by atoms with Crippen molar-refractivity contribution in [1.82, 2.24) is 0 Å². The van der Waals surface area contributed by atoms with Crippen LogP contribution < -0.4 is 0 Å². The molecule has 0 spiro atoms. The van der Waals surface area contributed by atoms with Crippen LogP contribution in [0.1, 0.15) is 118 Å². The minimum absolute atomic E-state index is 0.0207. The molecule has 254 valence electrons. The van der Waals surface area contributed by atoms with Crippen LogP contribution in [0.25, 0.3) is 0 Å². The topological polar surface area (TPSA) is 61.8 Å². The lowest BCUT2D eigenvalue weighted by Gasteiger charge is -2.71. The van der Waals surface area contributed by atoms with E-state index in [4.69, 9.17) is 25.8 Å². The zero-order chi connectivity index (χ0) is 33.2. The molecule has 0 saturated heterocycles. The highest BCUT2D eigenvalue weighted by Gasteiger charge is 2.69. The van der Waals surface area contributed by atoms with Crippen LogP contribution in [-0.2, 0) is 25.6 Å². The van der Waals surface area contributed by atoms with Crippen molar-refractivity contribution in [3.8, 4) is 0 Å². The van der Waals surface area contributed by atoms with Gasteiger partial charge in [0.05, 0.1) is 11.3 Å². The maximum atomic E-state index is 14.3. The largest absolute Gasteiger partial charge is 0.508 e. The summed E-state index contributed by atoms with van der Waals surface area (Å²) in [4.78, 5) is 26.7. The third-order valence-electron chi connectivity index (χ3n) is 14.7. The summed E-state index contributed by atoms with van der Waals surface area (Å²) in [7, 11) is 0. The van der Waals surface area contributed by atoms with Gasteiger partial charge < -0.3 is 14.2 Å². The van der Waals surface area contributed by atoms with E-state index in [9.17, 15) is 9.59 Å². The fourth-order valence-electron chi connectivity index (χ4n) is 11.9. The molecule has 1 aromatic carbocycles. The van der Waals surface area contributed by atoms with Crippen LogP contribution >= 0.6 is 11.6 Å². The number of hydrogen-bond acceptors (Lipinski definition) is 5. The molecule has 2 unspecified atom stereocenters. The molecule has 6 heteroatoms. The summed E-state index contributed by atoms with van der Waals surface area (Å²) < 4.78 is 17.4. The van der Waals surface area contributed by atoms with Crippen LogP contribution in [0.3, 0.4) is 0 Å². The maximum Gasteiger partial charge on any atom is 0.508 e. The van der Waals surface area contributed by atoms with Crippen molar-refractivity contribution < 1.29 is 23.8 Å². The number of carbonyl (C=O) groups is 2. The Labute approximate surface area is 282 Å². The van der Waals surface area contributed by atoms with Gasteiger partial charge in [0.1, 0.15) is 19.3 Å². The van der Waals surface area contributed by atoms with Gasteiger partial charge in [0, 0.05) is 5.41 Å². The Kier molecular flexibility index (Phi) is 8.72. The van der Waals surface area contributed by atoms with E-state index in [0.717, 1.165) is 69.8 Å². The summed E-state index contributed by atoms with van der Waals surface area (Å²) in [6.07, 6.45) is 12.0. The molecule has 5 aliphatic carbocycles. The zero-order valence-corrected chi connectivity index (χ0v) is 30.1. The van der Waals surface area contributed by atoms with Gasteiger partial charge in [-0.25, -0.2) is 4.79 Å². The van der Waals surface area contributed by atoms with Crippen LogP contribution in [0.5, 0.6) is 0 Å². The Bertz CT molecular complexity index is 1350. The summed E-state index contributed by atoms with van der Waals surface area (Å²) in [6, 6.07) is 10.1. The van der Waals surface area contributed by atoms with Gasteiger partial charge in [0.2, 0.25) is 0 Å². The number of allylic oxidation sites excluding steroid dienone is 2. The molecule has 4 saturated carbocycles. The summed E-state index contributed by atoms with van der Waals surface area (Å²) >= 11 is 5.74. The molecule has 5 aliphatic rings. The van der Waals surface area contributed by atoms with Crippen LogP contribution in [0, 0.1) is 50.2 Å². The number of fused-ring (bicyclic) bond motifs is 7. The second-order valence-electron chi connectivity index (χ2n) is 17.7. The van der Waals surface area contributed by atoms with Crippen LogP contribution in [0.4, 0.5) is 4.79 Å². The quantitative estimate of drug-likeness (QED) is 0.174. The van der Waals surface area contributed by atoms with Gasteiger partial charge in [-0.15, -0.1) is 11.6 Å². The number of alkyl halides is 1. The molecule has 6 rings (SSSR count). The lowest BCUT2D eigenvalue weighted by Crippen LogP contribution is -2.65. The minimum atomic E-state index is -0.593. The standard InChI is InChI=1S/C40H57ClO5/c1-35(2)19-21-40(33(42)45-26-27-11-9-8-10-12-27)22-20-38(6)28(29(40)25-35)13-14-31-37(5)17-16-32(46-34(43)44-24-23-41)36(3,4)30(37)15-18-39(31,38)7/h8-13,29-32H,14-26H2,1-7H3/t29-,30?,31?,32-,37-,38+,39+,40-/m0/s1. The van der Waals surface area contributed by atoms with Crippen molar-refractivity contribution in [3.05, 3.63) is 47.5 Å². The first-order valence-electron chi connectivity index (χ1n) is 17.9. The molecule has 0 aromatic heterocycles. The number of carbonyl (C=O) groups excluding carboxylic acids is 2. The third kappa shape index (κ3) is 5.24. The molecular formula is C40H57ClO5. The molecule has 0 radical (unpaired) electrons. The van der Waals surface area contributed by atoms with E-state index in [1.807, 2.05) is 30.3 Å². The Morgan fingerprint density at radius 1 is 0.848 bits per heavy atom. The van der Waals surface area contributed by atoms with E-state index in [0.29, 0.717) is 18.4 Å². The van der Waals surface area contributed by atoms with Crippen LogP contribution in [-0.4, -0.2) is 30.7 Å². The molecule has 4 fully saturated rings. The van der Waals surface area contributed by atoms with Crippen LogP contribution in [0.15, 0.2) is 42.0 Å². The van der Waals surface area contributed by atoms with Gasteiger partial charge in [-0.05, 0) is 109 Å². The first-order valence-corrected chi connectivity index (χ1v) is 18.5. The number of esters is 1. The summed E-state index contributed by atoms with van der Waals surface area (Å²) in [5, 5.41) is 0. The van der Waals surface area contributed by atoms with Crippen LogP contribution in [0.2, 0.25) is 0 Å². The van der Waals surface area contributed by atoms with Crippen molar-refractivity contribution in [2.45, 2.75) is 125 Å². The average molecular weight is 653 g/mol. The van der Waals surface area contributed by atoms with E-state index in [-0.39, 0.29) is 57.6 Å². The monoisotopic (exact) mass is 652 g/mol. The van der Waals surface area contributed by atoms with Crippen molar-refractivity contribution in [3.63, 3.8) is 0 Å². The fourth-order valence-corrected chi connectivity index (χ4v) is 12.0. The molecule has 0 aliphatic heterocycles. The van der Waals surface area contributed by atoms with Crippen molar-refractivity contribution >= 4 is 23.7 Å². The predicted molar refractivity (Wildman–Crippen MR) is 182 cm³/mol.